The lowest BCUT2D eigenvalue weighted by atomic mass is 10.3. The molecule has 0 nitrogen and oxygen atoms in total. The molecule has 1 aromatic rings. The van der Waals surface area contributed by atoms with Crippen LogP contribution >= 0.6 is 11.3 Å². The maximum atomic E-state index is 3.67. The van der Waals surface area contributed by atoms with E-state index in [4.69, 9.17) is 0 Å². The van der Waals surface area contributed by atoms with Crippen LogP contribution < -0.4 is 0 Å². The lowest BCUT2D eigenvalue weighted by Gasteiger charge is -1.82. The highest BCUT2D eigenvalue weighted by Gasteiger charge is 1.89. The maximum absolute atomic E-state index is 3.67. The first-order chi connectivity index (χ1) is 6.26. The summed E-state index contributed by atoms with van der Waals surface area (Å²) in [5.74, 6) is 0. The first kappa shape index (κ1) is 14.7. The van der Waals surface area contributed by atoms with Crippen LogP contribution in [0, 0.1) is 6.92 Å². The molecule has 13 heavy (non-hydrogen) atoms. The Morgan fingerprint density at radius 2 is 1.77 bits per heavy atom. The second kappa shape index (κ2) is 11.2. The summed E-state index contributed by atoms with van der Waals surface area (Å²) >= 11 is 1.73. The summed E-state index contributed by atoms with van der Waals surface area (Å²) in [5.41, 5.74) is 1.32. The third-order valence-electron chi connectivity index (χ3n) is 1.09. The molecule has 0 N–H and O–H groups in total. The number of thiophene rings is 1. The van der Waals surface area contributed by atoms with Gasteiger partial charge in [-0.2, -0.15) is 0 Å². The van der Waals surface area contributed by atoms with E-state index in [-0.39, 0.29) is 0 Å². The van der Waals surface area contributed by atoms with Crippen LogP contribution in [0.15, 0.2) is 30.7 Å². The van der Waals surface area contributed by atoms with Crippen molar-refractivity contribution in [2.75, 3.05) is 0 Å². The van der Waals surface area contributed by atoms with Crippen molar-refractivity contribution in [3.63, 3.8) is 0 Å². The Kier molecular flexibility index (Phi) is 12.6. The molecule has 1 heterocycles. The quantitative estimate of drug-likeness (QED) is 0.559. The molecule has 0 aliphatic carbocycles. The Morgan fingerprint density at radius 1 is 1.31 bits per heavy atom. The van der Waals surface area contributed by atoms with Gasteiger partial charge in [0.25, 0.3) is 0 Å². The zero-order valence-corrected chi connectivity index (χ0v) is 9.95. The third-order valence-corrected chi connectivity index (χ3v) is 2.10. The van der Waals surface area contributed by atoms with Gasteiger partial charge in [-0.25, -0.2) is 0 Å². The average Bonchev–Trinajstić information content (AvgIpc) is 2.56. The van der Waals surface area contributed by atoms with Crippen LogP contribution in [0.4, 0.5) is 0 Å². The van der Waals surface area contributed by atoms with Gasteiger partial charge in [-0.05, 0) is 30.9 Å². The van der Waals surface area contributed by atoms with Crippen molar-refractivity contribution < 1.29 is 0 Å². The predicted molar refractivity (Wildman–Crippen MR) is 66.4 cm³/mol. The van der Waals surface area contributed by atoms with Crippen LogP contribution in [-0.4, -0.2) is 0 Å². The van der Waals surface area contributed by atoms with Crippen LogP contribution in [0.25, 0.3) is 6.08 Å². The number of hydrogen-bond donors (Lipinski definition) is 0. The van der Waals surface area contributed by atoms with Crippen molar-refractivity contribution in [2.45, 2.75) is 27.7 Å². The molecule has 1 aromatic heterocycles. The largest absolute Gasteiger partial charge is 0.144 e. The normalized spacial score (nSPS) is 7.08. The summed E-state index contributed by atoms with van der Waals surface area (Å²) in [6, 6.07) is 2.10. The van der Waals surface area contributed by atoms with E-state index >= 15 is 0 Å². The Hall–Kier alpha value is -0.820. The van der Waals surface area contributed by atoms with E-state index in [2.05, 4.69) is 31.5 Å². The van der Waals surface area contributed by atoms with Crippen LogP contribution in [-0.2, 0) is 0 Å². The summed E-state index contributed by atoms with van der Waals surface area (Å²) < 4.78 is 0. The fourth-order valence-electron chi connectivity index (χ4n) is 0.594. The lowest BCUT2D eigenvalue weighted by molar-refractivity contribution is 1.50. The van der Waals surface area contributed by atoms with Crippen molar-refractivity contribution in [1.82, 2.24) is 0 Å². The van der Waals surface area contributed by atoms with Gasteiger partial charge in [0.1, 0.15) is 0 Å². The molecule has 0 aliphatic heterocycles. The second-order valence-corrected chi connectivity index (χ2v) is 3.03. The minimum Gasteiger partial charge on any atom is -0.144 e. The van der Waals surface area contributed by atoms with Crippen molar-refractivity contribution in [3.8, 4) is 0 Å². The number of aryl methyl sites for hydroxylation is 1. The Balaban J connectivity index is 0. The molecule has 0 aliphatic rings. The van der Waals surface area contributed by atoms with Gasteiger partial charge < -0.3 is 0 Å². The Morgan fingerprint density at radius 3 is 1.92 bits per heavy atom. The minimum atomic E-state index is 1.28. The van der Waals surface area contributed by atoms with Gasteiger partial charge >= 0.3 is 0 Å². The summed E-state index contributed by atoms with van der Waals surface area (Å²) in [5, 5.41) is 2.08. The van der Waals surface area contributed by atoms with Crippen molar-refractivity contribution in [2.24, 2.45) is 0 Å². The minimum absolute atomic E-state index is 1.28. The molecule has 0 amide bonds. The molecular weight excluding hydrogens is 176 g/mol. The molecule has 0 saturated heterocycles. The first-order valence-corrected chi connectivity index (χ1v) is 5.37. The van der Waals surface area contributed by atoms with Gasteiger partial charge in [-0.15, -0.1) is 17.9 Å². The standard InChI is InChI=1S/C7H8S.C3H6.C2H6/c1-3-7-6(2)4-5-8-7;1-3-2;1-2/h3-5H,1H2,2H3;3H,1H2,2H3;1-2H3. The molecule has 0 fully saturated rings. The number of rotatable bonds is 1. The molecule has 0 aromatic carbocycles. The molecule has 0 radical (unpaired) electrons. The molecular formula is C12H20S. The summed E-state index contributed by atoms with van der Waals surface area (Å²) in [7, 11) is 0. The highest BCUT2D eigenvalue weighted by molar-refractivity contribution is 7.11. The van der Waals surface area contributed by atoms with E-state index in [1.54, 1.807) is 17.4 Å². The summed E-state index contributed by atoms with van der Waals surface area (Å²) in [6.07, 6.45) is 3.64. The van der Waals surface area contributed by atoms with Crippen LogP contribution in [0.2, 0.25) is 0 Å². The Labute approximate surface area is 86.6 Å². The van der Waals surface area contributed by atoms with Gasteiger partial charge in [0.05, 0.1) is 0 Å². The van der Waals surface area contributed by atoms with Gasteiger partial charge in [0, 0.05) is 4.88 Å². The summed E-state index contributed by atoms with van der Waals surface area (Å²) in [6.45, 7) is 15.0. The van der Waals surface area contributed by atoms with E-state index in [0.29, 0.717) is 0 Å². The maximum Gasteiger partial charge on any atom is 0.0293 e. The number of hydrogen-bond acceptors (Lipinski definition) is 1. The van der Waals surface area contributed by atoms with Gasteiger partial charge in [0.15, 0.2) is 0 Å². The SMILES string of the molecule is C=CC.C=Cc1sccc1C.CC. The smallest absolute Gasteiger partial charge is 0.0293 e. The van der Waals surface area contributed by atoms with E-state index in [0.717, 1.165) is 0 Å². The fraction of sp³-hybridized carbons (Fsp3) is 0.333. The second-order valence-electron chi connectivity index (χ2n) is 2.08. The summed E-state index contributed by atoms with van der Waals surface area (Å²) in [4.78, 5) is 1.28. The molecule has 0 atom stereocenters. The average molecular weight is 196 g/mol. The predicted octanol–water partition coefficient (Wildman–Crippen LogP) is 4.92. The Bertz CT molecular complexity index is 221. The van der Waals surface area contributed by atoms with Gasteiger partial charge in [-0.3, -0.25) is 0 Å². The van der Waals surface area contributed by atoms with Crippen molar-refractivity contribution in [1.29, 1.82) is 0 Å². The van der Waals surface area contributed by atoms with E-state index < -0.39 is 0 Å². The molecule has 1 rings (SSSR count). The van der Waals surface area contributed by atoms with E-state index in [9.17, 15) is 0 Å². The fourth-order valence-corrected chi connectivity index (χ4v) is 1.36. The number of allylic oxidation sites excluding steroid dienone is 1. The zero-order valence-electron chi connectivity index (χ0n) is 9.13. The van der Waals surface area contributed by atoms with E-state index in [1.807, 2.05) is 26.8 Å². The first-order valence-electron chi connectivity index (χ1n) is 4.49. The highest BCUT2D eigenvalue weighted by atomic mass is 32.1. The molecule has 1 heteroatoms. The van der Waals surface area contributed by atoms with E-state index in [1.165, 1.54) is 10.4 Å². The zero-order chi connectivity index (χ0) is 10.7. The van der Waals surface area contributed by atoms with Crippen molar-refractivity contribution in [3.05, 3.63) is 41.1 Å². The van der Waals surface area contributed by atoms with Crippen molar-refractivity contribution >= 4 is 17.4 Å². The van der Waals surface area contributed by atoms with Gasteiger partial charge in [-0.1, -0.05) is 32.6 Å². The van der Waals surface area contributed by atoms with Gasteiger partial charge in [0.2, 0.25) is 0 Å². The molecule has 74 valence electrons. The molecule has 0 saturated carbocycles. The van der Waals surface area contributed by atoms with Crippen LogP contribution in [0.1, 0.15) is 31.2 Å². The lowest BCUT2D eigenvalue weighted by Crippen LogP contribution is -1.62. The van der Waals surface area contributed by atoms with Crippen LogP contribution in [0.5, 0.6) is 0 Å². The molecule has 0 spiro atoms. The van der Waals surface area contributed by atoms with Crippen LogP contribution in [0.3, 0.4) is 0 Å². The third kappa shape index (κ3) is 7.54. The molecule has 0 bridgehead atoms. The monoisotopic (exact) mass is 196 g/mol. The highest BCUT2D eigenvalue weighted by Crippen LogP contribution is 2.15. The topological polar surface area (TPSA) is 0 Å². The molecule has 0 unspecified atom stereocenters.